The number of nitrogens with zero attached hydrogens (tertiary/aromatic N) is 5. The van der Waals surface area contributed by atoms with Crippen LogP contribution < -0.4 is 15.8 Å². The maximum Gasteiger partial charge on any atom is 0.433 e. The van der Waals surface area contributed by atoms with Crippen molar-refractivity contribution >= 4 is 23.3 Å². The van der Waals surface area contributed by atoms with Crippen LogP contribution in [-0.4, -0.2) is 81.3 Å². The third-order valence-corrected chi connectivity index (χ3v) is 7.54. The fraction of sp³-hybridized carbons (Fsp3) is 0.290. The first-order chi connectivity index (χ1) is 21.5. The van der Waals surface area contributed by atoms with Gasteiger partial charge in [0.05, 0.1) is 31.6 Å². The number of amides is 3. The maximum absolute atomic E-state index is 14.3. The van der Waals surface area contributed by atoms with E-state index in [1.165, 1.54) is 18.9 Å². The molecule has 1 saturated heterocycles. The van der Waals surface area contributed by atoms with E-state index < -0.39 is 29.9 Å². The average Bonchev–Trinajstić information content (AvgIpc) is 3.45. The number of methoxy groups -OCH3 is 1. The van der Waals surface area contributed by atoms with Crippen molar-refractivity contribution in [3.8, 4) is 17.0 Å². The minimum atomic E-state index is -4.76. The monoisotopic (exact) mass is 625 g/mol. The van der Waals surface area contributed by atoms with Crippen LogP contribution in [0.5, 0.6) is 5.75 Å². The summed E-state index contributed by atoms with van der Waals surface area (Å²) < 4.78 is 48.7. The van der Waals surface area contributed by atoms with Crippen molar-refractivity contribution in [1.29, 1.82) is 0 Å². The van der Waals surface area contributed by atoms with Gasteiger partial charge in [-0.3, -0.25) is 9.69 Å². The van der Waals surface area contributed by atoms with Crippen LogP contribution in [0.3, 0.4) is 0 Å². The lowest BCUT2D eigenvalue weighted by molar-refractivity contribution is -0.143. The molecule has 0 radical (unpaired) electrons. The number of primary amides is 1. The van der Waals surface area contributed by atoms with Gasteiger partial charge in [0, 0.05) is 43.0 Å². The van der Waals surface area contributed by atoms with E-state index in [9.17, 15) is 27.9 Å². The Bertz CT molecular complexity index is 1670. The molecule has 45 heavy (non-hydrogen) atoms. The highest BCUT2D eigenvalue weighted by molar-refractivity contribution is 6.00. The van der Waals surface area contributed by atoms with E-state index >= 15 is 0 Å². The molecule has 0 spiro atoms. The number of anilines is 1. The highest BCUT2D eigenvalue weighted by atomic mass is 19.4. The van der Waals surface area contributed by atoms with Crippen molar-refractivity contribution in [2.24, 2.45) is 5.73 Å². The average molecular weight is 626 g/mol. The van der Waals surface area contributed by atoms with Crippen LogP contribution in [0, 0.1) is 6.92 Å². The molecule has 1 atom stereocenters. The van der Waals surface area contributed by atoms with Gasteiger partial charge < -0.3 is 25.8 Å². The lowest BCUT2D eigenvalue weighted by atomic mass is 10.0. The fourth-order valence-electron chi connectivity index (χ4n) is 5.44. The summed E-state index contributed by atoms with van der Waals surface area (Å²) in [6, 6.07) is 12.2. The molecule has 0 unspecified atom stereocenters. The Morgan fingerprint density at radius 3 is 2.31 bits per heavy atom. The number of nitrogens with two attached hydrogens (primary N) is 1. The zero-order valence-electron chi connectivity index (χ0n) is 24.8. The van der Waals surface area contributed by atoms with Gasteiger partial charge in [0.15, 0.2) is 11.3 Å². The van der Waals surface area contributed by atoms with Gasteiger partial charge in [-0.1, -0.05) is 18.2 Å². The van der Waals surface area contributed by atoms with E-state index in [4.69, 9.17) is 10.5 Å². The molecule has 1 aliphatic rings. The predicted molar refractivity (Wildman–Crippen MR) is 163 cm³/mol. The molecular weight excluding hydrogens is 591 g/mol. The van der Waals surface area contributed by atoms with Crippen LogP contribution in [-0.2, 0) is 6.18 Å². The summed E-state index contributed by atoms with van der Waals surface area (Å²) >= 11 is 0. The van der Waals surface area contributed by atoms with Crippen LogP contribution in [0.4, 0.5) is 23.7 Å². The Morgan fingerprint density at radius 1 is 1.09 bits per heavy atom. The molecule has 2 aromatic carbocycles. The van der Waals surface area contributed by atoms with Crippen molar-refractivity contribution in [3.05, 3.63) is 90.3 Å². The second-order valence-electron chi connectivity index (χ2n) is 10.1. The number of hydrogen-bond donors (Lipinski definition) is 3. The molecule has 5 rings (SSSR count). The van der Waals surface area contributed by atoms with Gasteiger partial charge in [0.25, 0.3) is 5.91 Å². The smallest absolute Gasteiger partial charge is 0.433 e. The van der Waals surface area contributed by atoms with E-state index in [1.54, 1.807) is 48.5 Å². The number of carbonyl (C=O) groups is 2. The van der Waals surface area contributed by atoms with Gasteiger partial charge in [-0.15, -0.1) is 13.2 Å². The number of aromatic nitrogens is 3. The molecule has 3 amide bonds. The third-order valence-electron chi connectivity index (χ3n) is 7.54. The Balaban J connectivity index is 0.00000226. The van der Waals surface area contributed by atoms with Crippen molar-refractivity contribution in [3.63, 3.8) is 0 Å². The first-order valence-corrected chi connectivity index (χ1v) is 13.9. The number of fused-ring (bicyclic) bond motifs is 1. The lowest BCUT2D eigenvalue weighted by Crippen LogP contribution is -2.50. The number of piperazine rings is 1. The van der Waals surface area contributed by atoms with Crippen LogP contribution in [0.1, 0.15) is 33.2 Å². The fourth-order valence-corrected chi connectivity index (χ4v) is 5.44. The Hall–Kier alpha value is -4.95. The summed E-state index contributed by atoms with van der Waals surface area (Å²) in [5.74, 6) is 0.0325. The highest BCUT2D eigenvalue weighted by Crippen LogP contribution is 2.37. The minimum Gasteiger partial charge on any atom is -0.497 e. The SMILES string of the molecule is C=C.COc1ccc(-c2nc3c(C(=O)N4CCN([C@H](CO)c5ccccc5NC(N)=O)CC4)cnn3c(C(F)(F)F)c2C)cc1. The number of urea groups is 1. The number of alkyl halides is 3. The molecule has 3 heterocycles. The molecule has 4 aromatic rings. The van der Waals surface area contributed by atoms with E-state index in [0.29, 0.717) is 40.2 Å². The van der Waals surface area contributed by atoms with E-state index in [1.807, 2.05) is 4.90 Å². The number of rotatable bonds is 7. The van der Waals surface area contributed by atoms with Gasteiger partial charge in [-0.25, -0.2) is 14.3 Å². The standard InChI is InChI=1S/C29H30F3N7O4.C2H4/c1-17-24(18-7-9-19(43-2)10-8-18)36-26-21(15-34-39(26)25(17)29(30,31)32)27(41)38-13-11-37(12-14-38)23(16-40)20-5-3-4-6-22(20)35-28(33)42;1-2/h3-10,15,23,40H,11-14,16H2,1-2H3,(H3,33,35,42);1-2H2/t23-;/m1./s1. The normalized spacial score (nSPS) is 14.4. The molecule has 1 fully saturated rings. The Labute approximate surface area is 257 Å². The zero-order valence-corrected chi connectivity index (χ0v) is 24.8. The van der Waals surface area contributed by atoms with Crippen LogP contribution in [0.15, 0.2) is 67.9 Å². The molecular formula is C31H34F3N7O4. The number of para-hydroxylation sites is 1. The van der Waals surface area contributed by atoms with E-state index in [-0.39, 0.29) is 42.2 Å². The first kappa shape index (κ1) is 33.0. The predicted octanol–water partition coefficient (Wildman–Crippen LogP) is 4.52. The van der Waals surface area contributed by atoms with E-state index in [2.05, 4.69) is 28.6 Å². The number of aliphatic hydroxyl groups is 1. The summed E-state index contributed by atoms with van der Waals surface area (Å²) in [5, 5.41) is 16.7. The first-order valence-electron chi connectivity index (χ1n) is 13.9. The van der Waals surface area contributed by atoms with Crippen molar-refractivity contribution in [1.82, 2.24) is 24.4 Å². The van der Waals surface area contributed by atoms with Gasteiger partial charge in [0.1, 0.15) is 11.3 Å². The third kappa shape index (κ3) is 6.76. The minimum absolute atomic E-state index is 0.0524. The summed E-state index contributed by atoms with van der Waals surface area (Å²) in [7, 11) is 1.49. The number of nitrogens with one attached hydrogen (secondary N) is 1. The highest BCUT2D eigenvalue weighted by Gasteiger charge is 2.39. The number of aliphatic hydroxyl groups excluding tert-OH is 1. The molecule has 14 heteroatoms. The molecule has 11 nitrogen and oxygen atoms in total. The summed E-state index contributed by atoms with van der Waals surface area (Å²) in [6.45, 7) is 8.27. The molecule has 1 aliphatic heterocycles. The van der Waals surface area contributed by atoms with Gasteiger partial charge in [-0.05, 0) is 42.8 Å². The number of halogens is 3. The largest absolute Gasteiger partial charge is 0.497 e. The van der Waals surface area contributed by atoms with Crippen molar-refractivity contribution in [2.45, 2.75) is 19.1 Å². The number of benzene rings is 2. The summed E-state index contributed by atoms with van der Waals surface area (Å²) in [5.41, 5.74) is 5.55. The number of ether oxygens (including phenoxy) is 1. The molecule has 2 aromatic heterocycles. The Morgan fingerprint density at radius 2 is 1.73 bits per heavy atom. The van der Waals surface area contributed by atoms with Crippen molar-refractivity contribution in [2.75, 3.05) is 45.2 Å². The number of carbonyl (C=O) groups excluding carboxylic acids is 2. The quantitative estimate of drug-likeness (QED) is 0.257. The number of hydrogen-bond acceptors (Lipinski definition) is 7. The molecule has 4 N–H and O–H groups in total. The van der Waals surface area contributed by atoms with Gasteiger partial charge >= 0.3 is 12.2 Å². The van der Waals surface area contributed by atoms with Crippen LogP contribution in [0.2, 0.25) is 0 Å². The van der Waals surface area contributed by atoms with Gasteiger partial charge in [0.2, 0.25) is 0 Å². The molecule has 0 aliphatic carbocycles. The molecule has 0 saturated carbocycles. The van der Waals surface area contributed by atoms with Gasteiger partial charge in [-0.2, -0.15) is 18.3 Å². The summed E-state index contributed by atoms with van der Waals surface area (Å²) in [4.78, 5) is 33.1. The van der Waals surface area contributed by atoms with Crippen molar-refractivity contribution < 1.29 is 32.6 Å². The second-order valence-corrected chi connectivity index (χ2v) is 10.1. The second kappa shape index (κ2) is 13.8. The lowest BCUT2D eigenvalue weighted by Gasteiger charge is -2.39. The molecule has 238 valence electrons. The van der Waals surface area contributed by atoms with Crippen LogP contribution >= 0.6 is 0 Å². The van der Waals surface area contributed by atoms with E-state index in [0.717, 1.165) is 6.20 Å². The Kier molecular flexibility index (Phi) is 10.1. The zero-order chi connectivity index (χ0) is 32.9. The molecule has 0 bridgehead atoms. The summed E-state index contributed by atoms with van der Waals surface area (Å²) in [6.07, 6.45) is -3.64. The maximum atomic E-state index is 14.3. The van der Waals surface area contributed by atoms with Crippen LogP contribution in [0.25, 0.3) is 16.9 Å². The topological polar surface area (TPSA) is 138 Å².